The molecule has 1 aromatic rings. The molecule has 7 nitrogen and oxygen atoms in total. The number of amides is 2. The van der Waals surface area contributed by atoms with Gasteiger partial charge in [-0.05, 0) is 37.5 Å². The Morgan fingerprint density at radius 3 is 2.68 bits per heavy atom. The zero-order valence-corrected chi connectivity index (χ0v) is 14.2. The molecule has 2 aliphatic rings. The average Bonchev–Trinajstić information content (AvgIpc) is 2.60. The van der Waals surface area contributed by atoms with Crippen molar-refractivity contribution in [2.45, 2.75) is 26.2 Å². The molecule has 1 fully saturated rings. The molecule has 0 bridgehead atoms. The van der Waals surface area contributed by atoms with E-state index < -0.39 is 5.97 Å². The summed E-state index contributed by atoms with van der Waals surface area (Å²) in [7, 11) is 0. The Balaban J connectivity index is 1.60. The van der Waals surface area contributed by atoms with Crippen molar-refractivity contribution in [2.24, 2.45) is 5.92 Å². The molecular weight excluding hydrogens is 324 g/mol. The number of aryl methyl sites for hydroxylation is 1. The van der Waals surface area contributed by atoms with E-state index in [0.29, 0.717) is 43.9 Å². The Kier molecular flexibility index (Phi) is 4.92. The lowest BCUT2D eigenvalue weighted by Crippen LogP contribution is -2.44. The number of hydrogen-bond acceptors (Lipinski definition) is 4. The number of piperidine rings is 1. The van der Waals surface area contributed by atoms with Crippen molar-refractivity contribution < 1.29 is 24.2 Å². The van der Waals surface area contributed by atoms with Crippen molar-refractivity contribution in [2.75, 3.05) is 31.1 Å². The summed E-state index contributed by atoms with van der Waals surface area (Å²) in [5.41, 5.74) is 1.72. The Labute approximate surface area is 146 Å². The van der Waals surface area contributed by atoms with Crippen LogP contribution in [0.15, 0.2) is 18.2 Å². The first kappa shape index (κ1) is 17.3. The number of anilines is 1. The third-order valence-corrected chi connectivity index (χ3v) is 4.80. The highest BCUT2D eigenvalue weighted by atomic mass is 16.5. The molecule has 0 aliphatic carbocycles. The SMILES string of the molecule is Cc1ccc2c(c1)N(CCC(=O)N1CCC(C(=O)O)CC1)C(=O)CO2. The van der Waals surface area contributed by atoms with Crippen LogP contribution in [0.2, 0.25) is 0 Å². The standard InChI is InChI=1S/C18H22N2O5/c1-12-2-3-15-14(10-12)20(17(22)11-25-15)9-6-16(21)19-7-4-13(5-8-19)18(23)24/h2-3,10,13H,4-9,11H2,1H3,(H,23,24). The Bertz CT molecular complexity index is 695. The van der Waals surface area contributed by atoms with Crippen LogP contribution in [-0.2, 0) is 14.4 Å². The van der Waals surface area contributed by atoms with Crippen LogP contribution >= 0.6 is 0 Å². The number of likely N-dealkylation sites (tertiary alicyclic amines) is 1. The first-order valence-electron chi connectivity index (χ1n) is 8.50. The van der Waals surface area contributed by atoms with Crippen molar-refractivity contribution in [1.82, 2.24) is 4.90 Å². The fraction of sp³-hybridized carbons (Fsp3) is 0.500. The molecule has 2 heterocycles. The minimum atomic E-state index is -0.794. The summed E-state index contributed by atoms with van der Waals surface area (Å²) in [6, 6.07) is 5.64. The molecule has 1 N–H and O–H groups in total. The van der Waals surface area contributed by atoms with Crippen molar-refractivity contribution >= 4 is 23.5 Å². The van der Waals surface area contributed by atoms with Gasteiger partial charge in [-0.1, -0.05) is 6.07 Å². The molecule has 1 saturated heterocycles. The van der Waals surface area contributed by atoms with E-state index in [1.54, 1.807) is 9.80 Å². The van der Waals surface area contributed by atoms with E-state index >= 15 is 0 Å². The predicted molar refractivity (Wildman–Crippen MR) is 90.6 cm³/mol. The van der Waals surface area contributed by atoms with Crippen molar-refractivity contribution in [3.63, 3.8) is 0 Å². The summed E-state index contributed by atoms with van der Waals surface area (Å²) in [5, 5.41) is 9.02. The molecule has 134 valence electrons. The van der Waals surface area contributed by atoms with Gasteiger partial charge in [-0.3, -0.25) is 14.4 Å². The van der Waals surface area contributed by atoms with Gasteiger partial charge in [0.1, 0.15) is 5.75 Å². The Morgan fingerprint density at radius 1 is 1.28 bits per heavy atom. The van der Waals surface area contributed by atoms with E-state index in [2.05, 4.69) is 0 Å². The Hall–Kier alpha value is -2.57. The molecule has 25 heavy (non-hydrogen) atoms. The third-order valence-electron chi connectivity index (χ3n) is 4.80. The maximum atomic E-state index is 12.4. The van der Waals surface area contributed by atoms with E-state index in [1.807, 2.05) is 25.1 Å². The molecule has 0 radical (unpaired) electrons. The number of hydrogen-bond donors (Lipinski definition) is 1. The zero-order valence-electron chi connectivity index (χ0n) is 14.2. The van der Waals surface area contributed by atoms with Crippen LogP contribution in [0.4, 0.5) is 5.69 Å². The summed E-state index contributed by atoms with van der Waals surface area (Å²) in [6.07, 6.45) is 1.19. The van der Waals surface area contributed by atoms with Gasteiger partial charge in [-0.15, -0.1) is 0 Å². The first-order valence-corrected chi connectivity index (χ1v) is 8.50. The molecule has 2 amide bonds. The third kappa shape index (κ3) is 3.75. The van der Waals surface area contributed by atoms with E-state index in [1.165, 1.54) is 0 Å². The second-order valence-corrected chi connectivity index (χ2v) is 6.55. The lowest BCUT2D eigenvalue weighted by atomic mass is 9.97. The number of ether oxygens (including phenoxy) is 1. The van der Waals surface area contributed by atoms with Gasteiger partial charge in [0.25, 0.3) is 5.91 Å². The van der Waals surface area contributed by atoms with Crippen LogP contribution in [0, 0.1) is 12.8 Å². The smallest absolute Gasteiger partial charge is 0.306 e. The van der Waals surface area contributed by atoms with Crippen LogP contribution in [0.1, 0.15) is 24.8 Å². The number of carboxylic acids is 1. The van der Waals surface area contributed by atoms with Gasteiger partial charge < -0.3 is 19.6 Å². The maximum absolute atomic E-state index is 12.4. The van der Waals surface area contributed by atoms with Gasteiger partial charge in [0.05, 0.1) is 11.6 Å². The van der Waals surface area contributed by atoms with Crippen LogP contribution in [0.5, 0.6) is 5.75 Å². The number of nitrogens with zero attached hydrogens (tertiary/aromatic N) is 2. The molecule has 7 heteroatoms. The second kappa shape index (κ2) is 7.13. The molecule has 0 atom stereocenters. The molecule has 0 saturated carbocycles. The number of aliphatic carboxylic acids is 1. The van der Waals surface area contributed by atoms with Crippen LogP contribution in [0.3, 0.4) is 0 Å². The summed E-state index contributed by atoms with van der Waals surface area (Å²) < 4.78 is 5.44. The summed E-state index contributed by atoms with van der Waals surface area (Å²) in [4.78, 5) is 38.9. The van der Waals surface area contributed by atoms with Gasteiger partial charge in [0, 0.05) is 26.1 Å². The lowest BCUT2D eigenvalue weighted by molar-refractivity contribution is -0.145. The highest BCUT2D eigenvalue weighted by molar-refractivity contribution is 5.98. The number of carbonyl (C=O) groups excluding carboxylic acids is 2. The molecule has 1 aromatic carbocycles. The van der Waals surface area contributed by atoms with E-state index in [-0.39, 0.29) is 30.8 Å². The number of rotatable bonds is 4. The van der Waals surface area contributed by atoms with Gasteiger partial charge in [-0.2, -0.15) is 0 Å². The van der Waals surface area contributed by atoms with E-state index in [0.717, 1.165) is 5.56 Å². The van der Waals surface area contributed by atoms with Crippen LogP contribution in [-0.4, -0.2) is 54.0 Å². The summed E-state index contributed by atoms with van der Waals surface area (Å²) in [5.74, 6) is -0.703. The molecule has 2 aliphatic heterocycles. The highest BCUT2D eigenvalue weighted by Crippen LogP contribution is 2.33. The molecule has 0 spiro atoms. The quantitative estimate of drug-likeness (QED) is 0.891. The lowest BCUT2D eigenvalue weighted by Gasteiger charge is -2.32. The van der Waals surface area contributed by atoms with Crippen molar-refractivity contribution in [1.29, 1.82) is 0 Å². The molecule has 3 rings (SSSR count). The fourth-order valence-electron chi connectivity index (χ4n) is 3.30. The van der Waals surface area contributed by atoms with Crippen LogP contribution in [0.25, 0.3) is 0 Å². The number of carbonyl (C=O) groups is 3. The van der Waals surface area contributed by atoms with Gasteiger partial charge in [-0.25, -0.2) is 0 Å². The largest absolute Gasteiger partial charge is 0.482 e. The van der Waals surface area contributed by atoms with Crippen molar-refractivity contribution in [3.05, 3.63) is 23.8 Å². The predicted octanol–water partition coefficient (Wildman–Crippen LogP) is 1.43. The van der Waals surface area contributed by atoms with E-state index in [4.69, 9.17) is 9.84 Å². The van der Waals surface area contributed by atoms with Gasteiger partial charge >= 0.3 is 5.97 Å². The van der Waals surface area contributed by atoms with Crippen molar-refractivity contribution in [3.8, 4) is 5.75 Å². The fourth-order valence-corrected chi connectivity index (χ4v) is 3.30. The normalized spacial score (nSPS) is 17.9. The minimum absolute atomic E-state index is 0.0196. The van der Waals surface area contributed by atoms with E-state index in [9.17, 15) is 14.4 Å². The van der Waals surface area contributed by atoms with Gasteiger partial charge in [0.2, 0.25) is 5.91 Å². The average molecular weight is 346 g/mol. The Morgan fingerprint density at radius 2 is 2.00 bits per heavy atom. The first-order chi connectivity index (χ1) is 12.0. The second-order valence-electron chi connectivity index (χ2n) is 6.55. The topological polar surface area (TPSA) is 87.2 Å². The maximum Gasteiger partial charge on any atom is 0.306 e. The van der Waals surface area contributed by atoms with Gasteiger partial charge in [0.15, 0.2) is 6.61 Å². The molecule has 0 unspecified atom stereocenters. The van der Waals surface area contributed by atoms with Crippen LogP contribution < -0.4 is 9.64 Å². The number of fused-ring (bicyclic) bond motifs is 1. The summed E-state index contributed by atoms with van der Waals surface area (Å²) >= 11 is 0. The molecule has 0 aromatic heterocycles. The monoisotopic (exact) mass is 346 g/mol. The number of benzene rings is 1. The zero-order chi connectivity index (χ0) is 18.0. The molecular formula is C18H22N2O5. The minimum Gasteiger partial charge on any atom is -0.482 e. The number of carboxylic acid groups (broad SMARTS) is 1. The highest BCUT2D eigenvalue weighted by Gasteiger charge is 2.29. The summed E-state index contributed by atoms with van der Waals surface area (Å²) in [6.45, 7) is 3.14.